The molecule has 1 unspecified atom stereocenters. The fourth-order valence-corrected chi connectivity index (χ4v) is 1.86. The van der Waals surface area contributed by atoms with Crippen LogP contribution in [0.1, 0.15) is 17.3 Å². The first-order valence-corrected chi connectivity index (χ1v) is 5.98. The predicted molar refractivity (Wildman–Crippen MR) is 71.8 cm³/mol. The normalized spacial score (nSPS) is 17.9. The van der Waals surface area contributed by atoms with Crippen molar-refractivity contribution >= 4 is 5.78 Å². The average Bonchev–Trinajstić information content (AvgIpc) is 2.41. The minimum atomic E-state index is 0.115. The summed E-state index contributed by atoms with van der Waals surface area (Å²) in [7, 11) is 1.61. The topological polar surface area (TPSA) is 29.5 Å². The summed E-state index contributed by atoms with van der Waals surface area (Å²) in [5.41, 5.74) is 0.714. The Morgan fingerprint density at radius 2 is 2.00 bits per heavy atom. The molecule has 0 radical (unpaired) electrons. The summed E-state index contributed by atoms with van der Waals surface area (Å²) >= 11 is 0. The SMILES string of the molecule is COc1ccc(C(=O)CN2C=CC=CC2C)cc1. The maximum atomic E-state index is 12.1. The van der Waals surface area contributed by atoms with Gasteiger partial charge in [-0.25, -0.2) is 0 Å². The Kier molecular flexibility index (Phi) is 3.82. The Hall–Kier alpha value is -2.03. The molecule has 1 aromatic carbocycles. The van der Waals surface area contributed by atoms with E-state index >= 15 is 0 Å². The first-order valence-electron chi connectivity index (χ1n) is 5.98. The molecule has 3 nitrogen and oxygen atoms in total. The molecule has 0 bridgehead atoms. The van der Waals surface area contributed by atoms with E-state index in [1.54, 1.807) is 19.2 Å². The molecule has 18 heavy (non-hydrogen) atoms. The number of rotatable bonds is 4. The van der Waals surface area contributed by atoms with Gasteiger partial charge in [-0.15, -0.1) is 0 Å². The van der Waals surface area contributed by atoms with E-state index in [4.69, 9.17) is 4.74 Å². The van der Waals surface area contributed by atoms with Gasteiger partial charge in [-0.3, -0.25) is 4.79 Å². The molecule has 0 N–H and O–H groups in total. The Bertz CT molecular complexity index is 474. The lowest BCUT2D eigenvalue weighted by Crippen LogP contribution is -2.32. The summed E-state index contributed by atoms with van der Waals surface area (Å²) in [5, 5.41) is 0. The smallest absolute Gasteiger partial charge is 0.182 e. The van der Waals surface area contributed by atoms with Crippen LogP contribution in [0.3, 0.4) is 0 Å². The van der Waals surface area contributed by atoms with Gasteiger partial charge < -0.3 is 9.64 Å². The molecule has 3 heteroatoms. The number of carbonyl (C=O) groups excluding carboxylic acids is 1. The molecule has 0 aromatic heterocycles. The van der Waals surface area contributed by atoms with Crippen molar-refractivity contribution in [2.75, 3.05) is 13.7 Å². The van der Waals surface area contributed by atoms with Gasteiger partial charge in [0.15, 0.2) is 5.78 Å². The standard InChI is InChI=1S/C15H17NO2/c1-12-5-3-4-10-16(12)11-15(17)13-6-8-14(18-2)9-7-13/h3-10,12H,11H2,1-2H3. The zero-order valence-electron chi connectivity index (χ0n) is 10.7. The van der Waals surface area contributed by atoms with E-state index in [9.17, 15) is 4.79 Å². The quantitative estimate of drug-likeness (QED) is 0.761. The number of methoxy groups -OCH3 is 1. The van der Waals surface area contributed by atoms with Crippen LogP contribution >= 0.6 is 0 Å². The summed E-state index contributed by atoms with van der Waals surface area (Å²) in [6, 6.07) is 7.48. The first-order chi connectivity index (χ1) is 8.70. The highest BCUT2D eigenvalue weighted by molar-refractivity contribution is 5.97. The summed E-state index contributed by atoms with van der Waals surface area (Å²) in [6.07, 6.45) is 7.97. The van der Waals surface area contributed by atoms with Gasteiger partial charge in [0.25, 0.3) is 0 Å². The van der Waals surface area contributed by atoms with Crippen molar-refractivity contribution in [1.82, 2.24) is 4.90 Å². The monoisotopic (exact) mass is 243 g/mol. The fourth-order valence-electron chi connectivity index (χ4n) is 1.86. The number of ether oxygens (including phenoxy) is 1. The molecule has 0 aliphatic carbocycles. The van der Waals surface area contributed by atoms with Crippen LogP contribution in [0.5, 0.6) is 5.75 Å². The van der Waals surface area contributed by atoms with Crippen molar-refractivity contribution in [3.63, 3.8) is 0 Å². The number of carbonyl (C=O) groups is 1. The van der Waals surface area contributed by atoms with E-state index in [1.807, 2.05) is 35.4 Å². The zero-order valence-corrected chi connectivity index (χ0v) is 10.7. The maximum Gasteiger partial charge on any atom is 0.182 e. The predicted octanol–water partition coefficient (Wildman–Crippen LogP) is 2.65. The maximum absolute atomic E-state index is 12.1. The van der Waals surface area contributed by atoms with Gasteiger partial charge in [-0.2, -0.15) is 0 Å². The van der Waals surface area contributed by atoms with E-state index in [1.165, 1.54) is 0 Å². The Morgan fingerprint density at radius 3 is 2.61 bits per heavy atom. The zero-order chi connectivity index (χ0) is 13.0. The van der Waals surface area contributed by atoms with E-state index < -0.39 is 0 Å². The molecule has 1 aliphatic heterocycles. The van der Waals surface area contributed by atoms with Crippen LogP contribution in [0, 0.1) is 0 Å². The summed E-state index contributed by atoms with van der Waals surface area (Å²) in [5.74, 6) is 0.880. The van der Waals surface area contributed by atoms with Gasteiger partial charge in [0.05, 0.1) is 13.7 Å². The van der Waals surface area contributed by atoms with E-state index in [0.29, 0.717) is 12.1 Å². The first kappa shape index (κ1) is 12.4. The highest BCUT2D eigenvalue weighted by Gasteiger charge is 2.14. The second-order valence-corrected chi connectivity index (χ2v) is 4.29. The van der Waals surface area contributed by atoms with Crippen molar-refractivity contribution in [3.8, 4) is 5.75 Å². The second-order valence-electron chi connectivity index (χ2n) is 4.29. The number of benzene rings is 1. The molecule has 0 spiro atoms. The lowest BCUT2D eigenvalue weighted by molar-refractivity contribution is 0.0946. The molecule has 0 fully saturated rings. The van der Waals surface area contributed by atoms with Gasteiger partial charge in [-0.05, 0) is 37.3 Å². The molecule has 1 atom stereocenters. The van der Waals surface area contributed by atoms with Crippen molar-refractivity contribution in [3.05, 3.63) is 54.3 Å². The number of Topliss-reactive ketones (excluding diaryl/α,β-unsaturated/α-hetero) is 1. The Labute approximate surface area is 107 Å². The van der Waals surface area contributed by atoms with Crippen molar-refractivity contribution in [1.29, 1.82) is 0 Å². The van der Waals surface area contributed by atoms with Crippen LogP contribution in [-0.2, 0) is 0 Å². The molecular formula is C15H17NO2. The third-order valence-electron chi connectivity index (χ3n) is 3.04. The minimum Gasteiger partial charge on any atom is -0.497 e. The number of hydrogen-bond donors (Lipinski definition) is 0. The summed E-state index contributed by atoms with van der Waals surface area (Å²) in [4.78, 5) is 14.1. The van der Waals surface area contributed by atoms with Gasteiger partial charge >= 0.3 is 0 Å². The highest BCUT2D eigenvalue weighted by Crippen LogP contribution is 2.14. The number of hydrogen-bond acceptors (Lipinski definition) is 3. The van der Waals surface area contributed by atoms with Crippen LogP contribution in [0.25, 0.3) is 0 Å². The van der Waals surface area contributed by atoms with E-state index in [2.05, 4.69) is 13.0 Å². The lowest BCUT2D eigenvalue weighted by atomic mass is 10.1. The van der Waals surface area contributed by atoms with Crippen LogP contribution in [0.15, 0.2) is 48.7 Å². The fraction of sp³-hybridized carbons (Fsp3) is 0.267. The lowest BCUT2D eigenvalue weighted by Gasteiger charge is -2.26. The Balaban J connectivity index is 2.03. The molecule has 94 valence electrons. The van der Waals surface area contributed by atoms with Crippen molar-refractivity contribution < 1.29 is 9.53 Å². The van der Waals surface area contributed by atoms with Gasteiger partial charge in [0, 0.05) is 17.8 Å². The van der Waals surface area contributed by atoms with Gasteiger partial charge in [-0.1, -0.05) is 12.2 Å². The van der Waals surface area contributed by atoms with Gasteiger partial charge in [0.2, 0.25) is 0 Å². The van der Waals surface area contributed by atoms with Crippen molar-refractivity contribution in [2.45, 2.75) is 13.0 Å². The van der Waals surface area contributed by atoms with Crippen LogP contribution in [-0.4, -0.2) is 30.4 Å². The number of nitrogens with zero attached hydrogens (tertiary/aromatic N) is 1. The summed E-state index contributed by atoms with van der Waals surface area (Å²) < 4.78 is 5.07. The molecular weight excluding hydrogens is 226 g/mol. The molecule has 1 aromatic rings. The van der Waals surface area contributed by atoms with Crippen LogP contribution in [0.2, 0.25) is 0 Å². The average molecular weight is 243 g/mol. The molecule has 0 amide bonds. The summed E-state index contributed by atoms with van der Waals surface area (Å²) in [6.45, 7) is 2.47. The molecule has 2 rings (SSSR count). The van der Waals surface area contributed by atoms with E-state index in [-0.39, 0.29) is 11.8 Å². The molecule has 0 saturated heterocycles. The highest BCUT2D eigenvalue weighted by atomic mass is 16.5. The second kappa shape index (κ2) is 5.54. The number of allylic oxidation sites excluding steroid dienone is 2. The largest absolute Gasteiger partial charge is 0.497 e. The van der Waals surface area contributed by atoms with E-state index in [0.717, 1.165) is 5.75 Å². The molecule has 1 aliphatic rings. The third kappa shape index (κ3) is 2.80. The van der Waals surface area contributed by atoms with Gasteiger partial charge in [0.1, 0.15) is 5.75 Å². The minimum absolute atomic E-state index is 0.115. The molecule has 0 saturated carbocycles. The molecule has 1 heterocycles. The Morgan fingerprint density at radius 1 is 1.28 bits per heavy atom. The van der Waals surface area contributed by atoms with Crippen LogP contribution < -0.4 is 4.74 Å². The van der Waals surface area contributed by atoms with Crippen LogP contribution in [0.4, 0.5) is 0 Å². The van der Waals surface area contributed by atoms with Crippen molar-refractivity contribution in [2.24, 2.45) is 0 Å². The number of ketones is 1. The third-order valence-corrected chi connectivity index (χ3v) is 3.04.